The summed E-state index contributed by atoms with van der Waals surface area (Å²) >= 11 is 6.21. The topological polar surface area (TPSA) is 50.4 Å². The summed E-state index contributed by atoms with van der Waals surface area (Å²) in [4.78, 5) is 4.54. The van der Waals surface area contributed by atoms with Gasteiger partial charge in [-0.3, -0.25) is 0 Å². The first-order valence-corrected chi connectivity index (χ1v) is 6.67. The molecule has 0 saturated carbocycles. The molecule has 0 aliphatic carbocycles. The molecule has 1 aliphatic rings. The van der Waals surface area contributed by atoms with Crippen molar-refractivity contribution < 1.29 is 4.39 Å². The van der Waals surface area contributed by atoms with Gasteiger partial charge in [0.05, 0.1) is 23.1 Å². The van der Waals surface area contributed by atoms with Crippen LogP contribution in [0.25, 0.3) is 0 Å². The van der Waals surface area contributed by atoms with E-state index in [0.29, 0.717) is 22.9 Å². The molecule has 102 valence electrons. The molecule has 0 bridgehead atoms. The maximum absolute atomic E-state index is 13.8. The summed E-state index contributed by atoms with van der Waals surface area (Å²) in [5.74, 6) is -0.331. The fraction of sp³-hybridized carbons (Fsp3) is 0.133. The van der Waals surface area contributed by atoms with Crippen LogP contribution in [-0.4, -0.2) is 18.3 Å². The van der Waals surface area contributed by atoms with Gasteiger partial charge in [-0.2, -0.15) is 0 Å². The Hall–Kier alpha value is -1.91. The van der Waals surface area contributed by atoms with Crippen LogP contribution < -0.4 is 11.1 Å². The summed E-state index contributed by atoms with van der Waals surface area (Å²) in [6.07, 6.45) is 0. The van der Waals surface area contributed by atoms with E-state index in [1.54, 1.807) is 18.2 Å². The molecule has 0 fully saturated rings. The molecule has 3 N–H and O–H groups in total. The average molecular weight is 290 g/mol. The molecule has 0 amide bonds. The summed E-state index contributed by atoms with van der Waals surface area (Å²) in [5.41, 5.74) is 8.27. The van der Waals surface area contributed by atoms with Gasteiger partial charge in [-0.1, -0.05) is 35.9 Å². The van der Waals surface area contributed by atoms with Crippen LogP contribution in [0, 0.1) is 5.82 Å². The number of fused-ring (bicyclic) bond motifs is 1. The Morgan fingerprint density at radius 3 is 2.75 bits per heavy atom. The van der Waals surface area contributed by atoms with Crippen molar-refractivity contribution in [1.29, 1.82) is 0 Å². The molecule has 3 rings (SSSR count). The summed E-state index contributed by atoms with van der Waals surface area (Å²) < 4.78 is 13.8. The lowest BCUT2D eigenvalue weighted by Gasteiger charge is -2.27. The van der Waals surface area contributed by atoms with Gasteiger partial charge in [0.2, 0.25) is 0 Å². The highest BCUT2D eigenvalue weighted by Gasteiger charge is 2.25. The second kappa shape index (κ2) is 5.23. The molecular formula is C15H13ClFN3. The van der Waals surface area contributed by atoms with Gasteiger partial charge in [0, 0.05) is 17.1 Å². The molecule has 3 nitrogen and oxygen atoms in total. The summed E-state index contributed by atoms with van der Waals surface area (Å²) in [6.45, 7) is 0.303. The lowest BCUT2D eigenvalue weighted by atomic mass is 10.00. The highest BCUT2D eigenvalue weighted by molar-refractivity contribution is 6.34. The van der Waals surface area contributed by atoms with Crippen LogP contribution in [0.2, 0.25) is 5.02 Å². The first-order chi connectivity index (χ1) is 9.70. The Morgan fingerprint density at radius 1 is 1.20 bits per heavy atom. The number of rotatable bonds is 2. The number of hydrogen-bond acceptors (Lipinski definition) is 3. The van der Waals surface area contributed by atoms with Crippen molar-refractivity contribution in [2.45, 2.75) is 6.04 Å². The predicted molar refractivity (Wildman–Crippen MR) is 80.5 cm³/mol. The van der Waals surface area contributed by atoms with Crippen LogP contribution in [0.4, 0.5) is 15.8 Å². The van der Waals surface area contributed by atoms with Crippen LogP contribution in [0.3, 0.4) is 0 Å². The molecule has 2 aromatic carbocycles. The van der Waals surface area contributed by atoms with Gasteiger partial charge >= 0.3 is 0 Å². The average Bonchev–Trinajstić information content (AvgIpc) is 2.47. The third kappa shape index (κ3) is 2.17. The third-order valence-electron chi connectivity index (χ3n) is 3.27. The zero-order valence-corrected chi connectivity index (χ0v) is 11.4. The van der Waals surface area contributed by atoms with Crippen molar-refractivity contribution in [1.82, 2.24) is 0 Å². The smallest absolute Gasteiger partial charge is 0.148 e. The Kier molecular flexibility index (Phi) is 3.42. The molecule has 5 heteroatoms. The monoisotopic (exact) mass is 289 g/mol. The van der Waals surface area contributed by atoms with Crippen LogP contribution in [0.5, 0.6) is 0 Å². The van der Waals surface area contributed by atoms with Crippen molar-refractivity contribution in [3.8, 4) is 0 Å². The quantitative estimate of drug-likeness (QED) is 0.891. The Bertz CT molecular complexity index is 685. The van der Waals surface area contributed by atoms with E-state index in [1.165, 1.54) is 6.07 Å². The number of benzene rings is 2. The van der Waals surface area contributed by atoms with E-state index in [1.807, 2.05) is 18.2 Å². The number of aliphatic imine (C=N–C) groups is 1. The van der Waals surface area contributed by atoms with Crippen LogP contribution in [0.15, 0.2) is 47.5 Å². The van der Waals surface area contributed by atoms with Crippen LogP contribution in [-0.2, 0) is 0 Å². The first kappa shape index (κ1) is 13.1. The van der Waals surface area contributed by atoms with E-state index >= 15 is 0 Å². The highest BCUT2D eigenvalue weighted by atomic mass is 35.5. The predicted octanol–water partition coefficient (Wildman–Crippen LogP) is 3.35. The SMILES string of the molecule is NCC1Nc2c(F)cccc2N=C1c1ccccc1Cl. The number of para-hydroxylation sites is 1. The van der Waals surface area contributed by atoms with E-state index in [9.17, 15) is 4.39 Å². The maximum atomic E-state index is 13.8. The molecule has 2 aromatic rings. The molecular weight excluding hydrogens is 277 g/mol. The number of nitrogens with zero attached hydrogens (tertiary/aromatic N) is 1. The molecule has 1 atom stereocenters. The zero-order chi connectivity index (χ0) is 14.1. The van der Waals surface area contributed by atoms with E-state index in [0.717, 1.165) is 11.3 Å². The molecule has 1 heterocycles. The summed E-state index contributed by atoms with van der Waals surface area (Å²) in [6, 6.07) is 12.0. The minimum atomic E-state index is -0.331. The minimum absolute atomic E-state index is 0.265. The van der Waals surface area contributed by atoms with Crippen molar-refractivity contribution in [2.75, 3.05) is 11.9 Å². The summed E-state index contributed by atoms with van der Waals surface area (Å²) in [5, 5.41) is 3.70. The second-order valence-corrected chi connectivity index (χ2v) is 4.95. The number of halogens is 2. The van der Waals surface area contributed by atoms with Gasteiger partial charge in [0.15, 0.2) is 0 Å². The lowest BCUT2D eigenvalue weighted by molar-refractivity contribution is 0.628. The van der Waals surface area contributed by atoms with Gasteiger partial charge in [-0.25, -0.2) is 9.38 Å². The van der Waals surface area contributed by atoms with Crippen molar-refractivity contribution >= 4 is 28.7 Å². The van der Waals surface area contributed by atoms with Crippen LogP contribution >= 0.6 is 11.6 Å². The van der Waals surface area contributed by atoms with Crippen molar-refractivity contribution in [2.24, 2.45) is 10.7 Å². The van der Waals surface area contributed by atoms with Gasteiger partial charge in [0.1, 0.15) is 5.82 Å². The van der Waals surface area contributed by atoms with Crippen molar-refractivity contribution in [3.05, 3.63) is 58.9 Å². The number of nitrogens with one attached hydrogen (secondary N) is 1. The fourth-order valence-electron chi connectivity index (χ4n) is 2.29. The second-order valence-electron chi connectivity index (χ2n) is 4.54. The van der Waals surface area contributed by atoms with E-state index in [4.69, 9.17) is 17.3 Å². The number of anilines is 1. The maximum Gasteiger partial charge on any atom is 0.148 e. The molecule has 0 spiro atoms. The Labute approximate surface area is 121 Å². The molecule has 0 aromatic heterocycles. The van der Waals surface area contributed by atoms with E-state index in [-0.39, 0.29) is 11.9 Å². The van der Waals surface area contributed by atoms with Gasteiger partial charge in [0.25, 0.3) is 0 Å². The lowest BCUT2D eigenvalue weighted by Crippen LogP contribution is -2.39. The molecule has 0 saturated heterocycles. The van der Waals surface area contributed by atoms with Gasteiger partial charge in [-0.05, 0) is 18.2 Å². The standard InChI is InChI=1S/C15H13ClFN3/c16-10-5-2-1-4-9(10)14-13(8-18)20-15-11(17)6-3-7-12(15)19-14/h1-7,13,20H,8,18H2. The Morgan fingerprint density at radius 2 is 2.00 bits per heavy atom. The van der Waals surface area contributed by atoms with Crippen molar-refractivity contribution in [3.63, 3.8) is 0 Å². The molecule has 20 heavy (non-hydrogen) atoms. The van der Waals surface area contributed by atoms with Crippen LogP contribution in [0.1, 0.15) is 5.56 Å². The Balaban J connectivity index is 2.16. The normalized spacial score (nSPS) is 17.1. The third-order valence-corrected chi connectivity index (χ3v) is 3.60. The largest absolute Gasteiger partial charge is 0.371 e. The fourth-order valence-corrected chi connectivity index (χ4v) is 2.52. The summed E-state index contributed by atoms with van der Waals surface area (Å²) in [7, 11) is 0. The molecule has 1 unspecified atom stereocenters. The van der Waals surface area contributed by atoms with E-state index < -0.39 is 0 Å². The molecule has 1 aliphatic heterocycles. The number of nitrogens with two attached hydrogens (primary N) is 1. The minimum Gasteiger partial charge on any atom is -0.371 e. The number of hydrogen-bond donors (Lipinski definition) is 2. The van der Waals surface area contributed by atoms with Gasteiger partial charge in [-0.15, -0.1) is 0 Å². The molecule has 0 radical (unpaired) electrons. The highest BCUT2D eigenvalue weighted by Crippen LogP contribution is 2.34. The van der Waals surface area contributed by atoms with Gasteiger partial charge < -0.3 is 11.1 Å². The zero-order valence-electron chi connectivity index (χ0n) is 10.6. The van der Waals surface area contributed by atoms with E-state index in [2.05, 4.69) is 10.3 Å². The first-order valence-electron chi connectivity index (χ1n) is 6.29.